The van der Waals surface area contributed by atoms with Crippen molar-refractivity contribution >= 4 is 0 Å². The molecule has 0 nitrogen and oxygen atoms in total. The Bertz CT molecular complexity index is 383. The number of hydrogen-bond donors (Lipinski definition) is 0. The van der Waals surface area contributed by atoms with Crippen LogP contribution in [0.4, 0.5) is 0 Å². The Morgan fingerprint density at radius 3 is 2.44 bits per heavy atom. The van der Waals surface area contributed by atoms with Crippen molar-refractivity contribution in [3.63, 3.8) is 0 Å². The van der Waals surface area contributed by atoms with Gasteiger partial charge in [0.2, 0.25) is 0 Å². The molecule has 1 aromatic carbocycles. The number of hydrogen-bond acceptors (Lipinski definition) is 0. The Balaban J connectivity index is 1.83. The molecule has 0 saturated heterocycles. The highest BCUT2D eigenvalue weighted by Crippen LogP contribution is 2.36. The Labute approximate surface area is 98.4 Å². The van der Waals surface area contributed by atoms with E-state index in [1.165, 1.54) is 50.5 Å². The monoisotopic (exact) mass is 212 g/mol. The summed E-state index contributed by atoms with van der Waals surface area (Å²) in [4.78, 5) is 0. The maximum absolute atomic E-state index is 2.54. The van der Waals surface area contributed by atoms with Crippen LogP contribution < -0.4 is 0 Å². The molecule has 4 rings (SSSR count). The van der Waals surface area contributed by atoms with Gasteiger partial charge in [-0.3, -0.25) is 0 Å². The molecule has 84 valence electrons. The van der Waals surface area contributed by atoms with Crippen LogP contribution in [0.1, 0.15) is 55.6 Å². The Morgan fingerprint density at radius 2 is 1.69 bits per heavy atom. The molecule has 1 atom stereocenters. The van der Waals surface area contributed by atoms with E-state index in [0.717, 1.165) is 5.92 Å². The predicted molar refractivity (Wildman–Crippen MR) is 68.7 cm³/mol. The average Bonchev–Trinajstić information content (AvgIpc) is 2.30. The van der Waals surface area contributed by atoms with Gasteiger partial charge in [-0.2, -0.15) is 0 Å². The molecule has 0 heteroatoms. The minimum Gasteiger partial charge on any atom is -0.0847 e. The van der Waals surface area contributed by atoms with Gasteiger partial charge in [0.25, 0.3) is 0 Å². The van der Waals surface area contributed by atoms with Crippen LogP contribution in [0, 0.1) is 0 Å². The molecule has 0 N–H and O–H groups in total. The summed E-state index contributed by atoms with van der Waals surface area (Å²) in [6.07, 6.45) is 12.1. The molecule has 0 aromatic heterocycles. The molecule has 0 spiro atoms. The van der Waals surface area contributed by atoms with Crippen LogP contribution in [0.15, 0.2) is 35.9 Å². The van der Waals surface area contributed by atoms with Crippen molar-refractivity contribution < 1.29 is 0 Å². The van der Waals surface area contributed by atoms with Gasteiger partial charge >= 0.3 is 0 Å². The summed E-state index contributed by atoms with van der Waals surface area (Å²) in [5, 5.41) is 0. The van der Waals surface area contributed by atoms with Crippen molar-refractivity contribution in [2.75, 3.05) is 0 Å². The van der Waals surface area contributed by atoms with Crippen molar-refractivity contribution in [1.29, 1.82) is 0 Å². The maximum atomic E-state index is 2.54. The quantitative estimate of drug-likeness (QED) is 0.596. The van der Waals surface area contributed by atoms with Crippen molar-refractivity contribution in [2.24, 2.45) is 0 Å². The van der Waals surface area contributed by atoms with Crippen LogP contribution in [0.3, 0.4) is 0 Å². The summed E-state index contributed by atoms with van der Waals surface area (Å²) in [6, 6.07) is 9.22. The topological polar surface area (TPSA) is 0 Å². The third kappa shape index (κ3) is 1.93. The molecule has 16 heavy (non-hydrogen) atoms. The fourth-order valence-corrected chi connectivity index (χ4v) is 3.12. The molecular weight excluding hydrogens is 192 g/mol. The van der Waals surface area contributed by atoms with Gasteiger partial charge in [0.1, 0.15) is 0 Å². The Kier molecular flexibility index (Phi) is 2.82. The van der Waals surface area contributed by atoms with Crippen molar-refractivity contribution in [3.8, 4) is 0 Å². The number of allylic oxidation sites excluding steroid dienone is 2. The second kappa shape index (κ2) is 4.45. The van der Waals surface area contributed by atoms with Crippen LogP contribution >= 0.6 is 0 Å². The lowest BCUT2D eigenvalue weighted by atomic mass is 9.78. The summed E-state index contributed by atoms with van der Waals surface area (Å²) in [5.74, 6) is 0.725. The highest BCUT2D eigenvalue weighted by molar-refractivity contribution is 5.39. The average molecular weight is 212 g/mol. The third-order valence-corrected chi connectivity index (χ3v) is 4.10. The molecule has 1 aromatic rings. The van der Waals surface area contributed by atoms with Gasteiger partial charge < -0.3 is 0 Å². The van der Waals surface area contributed by atoms with Crippen molar-refractivity contribution in [1.82, 2.24) is 0 Å². The van der Waals surface area contributed by atoms with Crippen LogP contribution in [0.5, 0.6) is 0 Å². The molecule has 3 aliphatic rings. The van der Waals surface area contributed by atoms with Crippen LogP contribution in [-0.4, -0.2) is 0 Å². The van der Waals surface area contributed by atoms with Gasteiger partial charge in [-0.15, -0.1) is 0 Å². The van der Waals surface area contributed by atoms with E-state index in [-0.39, 0.29) is 0 Å². The summed E-state index contributed by atoms with van der Waals surface area (Å²) >= 11 is 0. The van der Waals surface area contributed by atoms with E-state index in [9.17, 15) is 0 Å². The number of rotatable bonds is 1. The zero-order chi connectivity index (χ0) is 10.8. The second-order valence-electron chi connectivity index (χ2n) is 5.23. The summed E-state index contributed by atoms with van der Waals surface area (Å²) in [7, 11) is 0. The summed E-state index contributed by atoms with van der Waals surface area (Å²) < 4.78 is 0. The molecule has 0 aliphatic heterocycles. The highest BCUT2D eigenvalue weighted by atomic mass is 14.3. The van der Waals surface area contributed by atoms with Gasteiger partial charge in [0.15, 0.2) is 0 Å². The van der Waals surface area contributed by atoms with E-state index in [1.807, 2.05) is 0 Å². The second-order valence-corrected chi connectivity index (χ2v) is 5.23. The van der Waals surface area contributed by atoms with E-state index in [0.29, 0.717) is 0 Å². The minimum atomic E-state index is 0.725. The fraction of sp³-hybridized carbons (Fsp3) is 0.500. The van der Waals surface area contributed by atoms with Gasteiger partial charge in [0, 0.05) is 5.92 Å². The van der Waals surface area contributed by atoms with E-state index in [2.05, 4.69) is 30.3 Å². The fourth-order valence-electron chi connectivity index (χ4n) is 3.12. The predicted octanol–water partition coefficient (Wildman–Crippen LogP) is 4.61. The lowest BCUT2D eigenvalue weighted by Gasteiger charge is -2.27. The zero-order valence-corrected chi connectivity index (χ0v) is 9.91. The number of benzene rings is 1. The Hall–Kier alpha value is -1.04. The lowest BCUT2D eigenvalue weighted by Crippen LogP contribution is -2.12. The standard InChI is InChI=1S/C16H20/c1-2-4-6-14(7-5-3-1)16-12-13-8-10-15(16)11-9-13/h6,8-11,16H,1-5,7,12H2. The van der Waals surface area contributed by atoms with Gasteiger partial charge in [-0.1, -0.05) is 48.8 Å². The smallest absolute Gasteiger partial charge is 0.00885 e. The van der Waals surface area contributed by atoms with E-state index >= 15 is 0 Å². The number of fused-ring (bicyclic) bond motifs is 3. The van der Waals surface area contributed by atoms with Gasteiger partial charge in [-0.25, -0.2) is 0 Å². The molecular formula is C16H20. The zero-order valence-electron chi connectivity index (χ0n) is 9.91. The lowest BCUT2D eigenvalue weighted by molar-refractivity contribution is 0.594. The molecule has 2 bridgehead atoms. The maximum Gasteiger partial charge on any atom is 0.00885 e. The molecule has 0 amide bonds. The molecule has 1 unspecified atom stereocenters. The molecule has 0 heterocycles. The summed E-state index contributed by atoms with van der Waals surface area (Å²) in [5.41, 5.74) is 4.78. The highest BCUT2D eigenvalue weighted by Gasteiger charge is 2.21. The third-order valence-electron chi connectivity index (χ3n) is 4.10. The molecule has 0 radical (unpaired) electrons. The first-order valence-corrected chi connectivity index (χ1v) is 6.71. The normalized spacial score (nSPS) is 24.8. The van der Waals surface area contributed by atoms with E-state index in [4.69, 9.17) is 0 Å². The van der Waals surface area contributed by atoms with Crippen LogP contribution in [0.25, 0.3) is 0 Å². The SMILES string of the molecule is C1=C(C2Cc3ccc2cc3)CCCCCC1. The summed E-state index contributed by atoms with van der Waals surface area (Å²) in [6.45, 7) is 0. The minimum absolute atomic E-state index is 0.725. The van der Waals surface area contributed by atoms with Crippen molar-refractivity contribution in [2.45, 2.75) is 50.9 Å². The first-order chi connectivity index (χ1) is 7.93. The first-order valence-electron chi connectivity index (χ1n) is 6.71. The molecule has 0 fully saturated rings. The van der Waals surface area contributed by atoms with Gasteiger partial charge in [0.05, 0.1) is 0 Å². The largest absolute Gasteiger partial charge is 0.0847 e. The molecule has 3 aliphatic carbocycles. The van der Waals surface area contributed by atoms with Crippen LogP contribution in [-0.2, 0) is 6.42 Å². The van der Waals surface area contributed by atoms with E-state index in [1.54, 1.807) is 11.1 Å². The molecule has 0 saturated carbocycles. The van der Waals surface area contributed by atoms with Crippen molar-refractivity contribution in [3.05, 3.63) is 47.0 Å². The van der Waals surface area contributed by atoms with E-state index < -0.39 is 0 Å². The van der Waals surface area contributed by atoms with Gasteiger partial charge in [-0.05, 0) is 43.2 Å². The van der Waals surface area contributed by atoms with Crippen LogP contribution in [0.2, 0.25) is 0 Å². The first kappa shape index (κ1) is 10.1. The Morgan fingerprint density at radius 1 is 0.875 bits per heavy atom.